The molecule has 0 aliphatic carbocycles. The SMILES string of the molecule is COc1ccc(CC(=O)N2CCSc3nnc(COc4ccc(Cl)cc4Cl)n32)cc1. The molecule has 30 heavy (non-hydrogen) atoms. The van der Waals surface area contributed by atoms with E-state index in [1.54, 1.807) is 46.8 Å². The third kappa shape index (κ3) is 4.50. The molecule has 0 atom stereocenters. The Morgan fingerprint density at radius 3 is 2.70 bits per heavy atom. The fourth-order valence-corrected chi connectivity index (χ4v) is 4.36. The number of benzene rings is 2. The van der Waals surface area contributed by atoms with Gasteiger partial charge in [-0.15, -0.1) is 10.2 Å². The zero-order valence-electron chi connectivity index (χ0n) is 16.0. The molecular weight excluding hydrogens is 447 g/mol. The minimum absolute atomic E-state index is 0.0488. The van der Waals surface area contributed by atoms with Crippen molar-refractivity contribution >= 4 is 40.9 Å². The highest BCUT2D eigenvalue weighted by atomic mass is 35.5. The topological polar surface area (TPSA) is 69.5 Å². The number of halogens is 2. The molecule has 0 fully saturated rings. The Hall–Kier alpha value is -2.42. The van der Waals surface area contributed by atoms with Crippen LogP contribution in [0.2, 0.25) is 10.0 Å². The molecule has 1 aliphatic heterocycles. The van der Waals surface area contributed by atoms with Gasteiger partial charge >= 0.3 is 0 Å². The molecule has 0 radical (unpaired) electrons. The summed E-state index contributed by atoms with van der Waals surface area (Å²) in [7, 11) is 1.61. The van der Waals surface area contributed by atoms with Gasteiger partial charge in [-0.3, -0.25) is 4.79 Å². The number of carbonyl (C=O) groups excluding carboxylic acids is 1. The Morgan fingerprint density at radius 2 is 1.97 bits per heavy atom. The largest absolute Gasteiger partial charge is 0.497 e. The second kappa shape index (κ2) is 9.16. The van der Waals surface area contributed by atoms with Crippen molar-refractivity contribution in [3.8, 4) is 11.5 Å². The number of carbonyl (C=O) groups is 1. The van der Waals surface area contributed by atoms with Crippen LogP contribution in [-0.2, 0) is 17.8 Å². The van der Waals surface area contributed by atoms with Crippen molar-refractivity contribution in [1.29, 1.82) is 0 Å². The van der Waals surface area contributed by atoms with Gasteiger partial charge in [-0.2, -0.15) is 0 Å². The highest BCUT2D eigenvalue weighted by molar-refractivity contribution is 7.99. The first-order valence-electron chi connectivity index (χ1n) is 9.13. The van der Waals surface area contributed by atoms with Crippen molar-refractivity contribution in [3.63, 3.8) is 0 Å². The van der Waals surface area contributed by atoms with E-state index in [4.69, 9.17) is 32.7 Å². The van der Waals surface area contributed by atoms with Gasteiger partial charge in [0, 0.05) is 10.8 Å². The highest BCUT2D eigenvalue weighted by Crippen LogP contribution is 2.29. The number of thioether (sulfide) groups is 1. The molecule has 0 saturated heterocycles. The number of nitrogens with zero attached hydrogens (tertiary/aromatic N) is 4. The summed E-state index contributed by atoms with van der Waals surface area (Å²) in [5.74, 6) is 2.45. The van der Waals surface area contributed by atoms with Crippen LogP contribution in [0.4, 0.5) is 0 Å². The standard InChI is InChI=1S/C20H18Cl2N4O3S/c1-28-15-5-2-13(3-6-15)10-19(27)25-8-9-30-20-24-23-18(26(20)25)12-29-17-7-4-14(21)11-16(17)22/h2-7,11H,8-10,12H2,1H3. The summed E-state index contributed by atoms with van der Waals surface area (Å²) in [5, 5.41) is 11.7. The molecule has 4 rings (SSSR count). The molecule has 0 spiro atoms. The van der Waals surface area contributed by atoms with E-state index in [0.29, 0.717) is 33.3 Å². The smallest absolute Gasteiger partial charge is 0.245 e. The van der Waals surface area contributed by atoms with Crippen LogP contribution in [0.15, 0.2) is 47.6 Å². The number of hydrogen-bond donors (Lipinski definition) is 0. The number of aromatic nitrogens is 3. The molecule has 156 valence electrons. The number of amides is 1. The van der Waals surface area contributed by atoms with Gasteiger partial charge in [0.2, 0.25) is 11.1 Å². The summed E-state index contributed by atoms with van der Waals surface area (Å²) in [6, 6.07) is 12.5. The predicted octanol–water partition coefficient (Wildman–Crippen LogP) is 3.99. The van der Waals surface area contributed by atoms with Gasteiger partial charge in [0.05, 0.1) is 25.1 Å². The normalized spacial score (nSPS) is 13.1. The lowest BCUT2D eigenvalue weighted by atomic mass is 10.1. The maximum absolute atomic E-state index is 13.0. The average molecular weight is 465 g/mol. The Balaban J connectivity index is 1.51. The Morgan fingerprint density at radius 1 is 1.17 bits per heavy atom. The van der Waals surface area contributed by atoms with E-state index in [2.05, 4.69) is 10.2 Å². The Bertz CT molecular complexity index is 1060. The fraction of sp³-hybridized carbons (Fsp3) is 0.250. The van der Waals surface area contributed by atoms with Gasteiger partial charge in [-0.1, -0.05) is 47.1 Å². The number of rotatable bonds is 6. The maximum Gasteiger partial charge on any atom is 0.245 e. The molecule has 2 heterocycles. The Kier molecular flexibility index (Phi) is 6.36. The van der Waals surface area contributed by atoms with E-state index >= 15 is 0 Å². The van der Waals surface area contributed by atoms with Crippen LogP contribution in [0.25, 0.3) is 0 Å². The van der Waals surface area contributed by atoms with E-state index in [1.807, 2.05) is 24.3 Å². The molecule has 3 aromatic rings. The molecule has 0 bridgehead atoms. The number of fused-ring (bicyclic) bond motifs is 1. The quantitative estimate of drug-likeness (QED) is 0.549. The third-order valence-corrected chi connectivity index (χ3v) is 5.94. The molecule has 10 heteroatoms. The van der Waals surface area contributed by atoms with Gasteiger partial charge in [-0.25, -0.2) is 9.69 Å². The second-order valence-electron chi connectivity index (χ2n) is 6.46. The van der Waals surface area contributed by atoms with Crippen LogP contribution in [0.1, 0.15) is 11.4 Å². The van der Waals surface area contributed by atoms with E-state index in [9.17, 15) is 4.79 Å². The number of methoxy groups -OCH3 is 1. The lowest BCUT2D eigenvalue weighted by Gasteiger charge is -2.29. The molecule has 2 aromatic carbocycles. The first-order chi connectivity index (χ1) is 14.5. The van der Waals surface area contributed by atoms with Crippen molar-refractivity contribution in [3.05, 3.63) is 63.9 Å². The fourth-order valence-electron chi connectivity index (χ4n) is 3.02. The zero-order valence-corrected chi connectivity index (χ0v) is 18.4. The van der Waals surface area contributed by atoms with Crippen LogP contribution in [-0.4, -0.2) is 40.2 Å². The second-order valence-corrected chi connectivity index (χ2v) is 8.37. The lowest BCUT2D eigenvalue weighted by Crippen LogP contribution is -2.46. The third-order valence-electron chi connectivity index (χ3n) is 4.51. The van der Waals surface area contributed by atoms with Gasteiger partial charge < -0.3 is 9.47 Å². The Labute approximate surface area is 187 Å². The summed E-state index contributed by atoms with van der Waals surface area (Å²) in [5.41, 5.74) is 0.902. The van der Waals surface area contributed by atoms with E-state index in [-0.39, 0.29) is 18.9 Å². The number of ether oxygens (including phenoxy) is 2. The average Bonchev–Trinajstić information content (AvgIpc) is 3.17. The van der Waals surface area contributed by atoms with Crippen molar-refractivity contribution in [2.75, 3.05) is 24.4 Å². The van der Waals surface area contributed by atoms with Crippen molar-refractivity contribution in [2.24, 2.45) is 0 Å². The lowest BCUT2D eigenvalue weighted by molar-refractivity contribution is -0.119. The summed E-state index contributed by atoms with van der Waals surface area (Å²) in [4.78, 5) is 13.0. The van der Waals surface area contributed by atoms with Crippen molar-refractivity contribution in [1.82, 2.24) is 14.9 Å². The first-order valence-corrected chi connectivity index (χ1v) is 10.9. The maximum atomic E-state index is 13.0. The summed E-state index contributed by atoms with van der Waals surface area (Å²) < 4.78 is 12.7. The van der Waals surface area contributed by atoms with Gasteiger partial charge in [0.1, 0.15) is 18.1 Å². The summed E-state index contributed by atoms with van der Waals surface area (Å²) in [6.07, 6.45) is 0.260. The minimum Gasteiger partial charge on any atom is -0.497 e. The molecule has 7 nitrogen and oxygen atoms in total. The van der Waals surface area contributed by atoms with Crippen LogP contribution < -0.4 is 14.5 Å². The van der Waals surface area contributed by atoms with Crippen molar-refractivity contribution in [2.45, 2.75) is 18.2 Å². The van der Waals surface area contributed by atoms with Crippen LogP contribution in [0.3, 0.4) is 0 Å². The van der Waals surface area contributed by atoms with Crippen LogP contribution in [0, 0.1) is 0 Å². The van der Waals surface area contributed by atoms with Crippen molar-refractivity contribution < 1.29 is 14.3 Å². The molecule has 0 saturated carbocycles. The van der Waals surface area contributed by atoms with Gasteiger partial charge in [0.15, 0.2) is 5.82 Å². The van der Waals surface area contributed by atoms with Gasteiger partial charge in [-0.05, 0) is 35.9 Å². The van der Waals surface area contributed by atoms with Crippen LogP contribution >= 0.6 is 35.0 Å². The zero-order chi connectivity index (χ0) is 21.1. The van der Waals surface area contributed by atoms with E-state index in [1.165, 1.54) is 0 Å². The first kappa shape index (κ1) is 20.8. The van der Waals surface area contributed by atoms with E-state index in [0.717, 1.165) is 17.1 Å². The monoisotopic (exact) mass is 464 g/mol. The minimum atomic E-state index is -0.0488. The summed E-state index contributed by atoms with van der Waals surface area (Å²) in [6.45, 7) is 0.667. The number of hydrogen-bond acceptors (Lipinski definition) is 6. The van der Waals surface area contributed by atoms with Gasteiger partial charge in [0.25, 0.3) is 0 Å². The predicted molar refractivity (Wildman–Crippen MR) is 116 cm³/mol. The van der Waals surface area contributed by atoms with E-state index < -0.39 is 0 Å². The molecule has 1 aromatic heterocycles. The molecular formula is C20H18Cl2N4O3S. The highest BCUT2D eigenvalue weighted by Gasteiger charge is 2.27. The van der Waals surface area contributed by atoms with Crippen LogP contribution in [0.5, 0.6) is 11.5 Å². The summed E-state index contributed by atoms with van der Waals surface area (Å²) >= 11 is 13.7. The molecule has 0 N–H and O–H groups in total. The molecule has 0 unspecified atom stereocenters. The molecule has 1 aliphatic rings. The molecule has 1 amide bonds.